The maximum Gasteiger partial charge on any atom is 0.0911 e. The third-order valence-corrected chi connectivity index (χ3v) is 4.82. The van der Waals surface area contributed by atoms with Crippen LogP contribution in [0.1, 0.15) is 37.7 Å². The summed E-state index contributed by atoms with van der Waals surface area (Å²) in [6, 6.07) is 3.01. The number of hydrogen-bond acceptors (Lipinski definition) is 3. The van der Waals surface area contributed by atoms with Gasteiger partial charge >= 0.3 is 0 Å². The van der Waals surface area contributed by atoms with Gasteiger partial charge in [0.2, 0.25) is 0 Å². The molecule has 2 fully saturated rings. The summed E-state index contributed by atoms with van der Waals surface area (Å²) in [6.45, 7) is 2.21. The number of nitrogens with one attached hydrogen (secondary N) is 1. The second kappa shape index (κ2) is 4.67. The monoisotopic (exact) mass is 263 g/mol. The Hall–Kier alpha value is -0.870. The second-order valence-electron chi connectivity index (χ2n) is 5.97. The molecule has 1 heterocycles. The van der Waals surface area contributed by atoms with Crippen molar-refractivity contribution in [2.45, 2.75) is 44.7 Å². The van der Waals surface area contributed by atoms with Gasteiger partial charge < -0.3 is 5.73 Å². The third kappa shape index (κ3) is 2.93. The average molecular weight is 263 g/mol. The molecule has 98 valence electrons. The van der Waals surface area contributed by atoms with Crippen LogP contribution in [-0.2, 0) is 6.54 Å². The topological polar surface area (TPSA) is 53.1 Å². The van der Waals surface area contributed by atoms with E-state index in [1.807, 2.05) is 0 Å². The van der Waals surface area contributed by atoms with Gasteiger partial charge in [-0.15, -0.1) is 0 Å². The summed E-state index contributed by atoms with van der Waals surface area (Å²) >= 11 is 1.78. The van der Waals surface area contributed by atoms with E-state index < -0.39 is 0 Å². The van der Waals surface area contributed by atoms with E-state index in [0.29, 0.717) is 11.3 Å². The largest absolute Gasteiger partial charge is 0.388 e. The molecule has 3 nitrogen and oxygen atoms in total. The van der Waals surface area contributed by atoms with Crippen LogP contribution in [0.5, 0.6) is 0 Å². The predicted octanol–water partition coefficient (Wildman–Crippen LogP) is 2.82. The zero-order valence-corrected chi connectivity index (χ0v) is 11.5. The van der Waals surface area contributed by atoms with Crippen molar-refractivity contribution in [1.82, 2.24) is 4.90 Å². The first-order valence-electron chi connectivity index (χ1n) is 6.75. The van der Waals surface area contributed by atoms with Crippen molar-refractivity contribution < 1.29 is 0 Å². The summed E-state index contributed by atoms with van der Waals surface area (Å²) < 4.78 is 0. The number of hydrogen-bond donors (Lipinski definition) is 2. The minimum atomic E-state index is 0.338. The molecule has 0 aromatic carbocycles. The Morgan fingerprint density at radius 1 is 1.50 bits per heavy atom. The standard InChI is InChI=1S/C14H21N3S/c15-13(16)7-14(4-5-14)10-17(12-1-2-12)8-11-3-6-18-9-11/h3,6,9,12H,1-2,4-5,7-8,10H2,(H3,15,16). The summed E-state index contributed by atoms with van der Waals surface area (Å²) in [4.78, 5) is 2.62. The Kier molecular flexibility index (Phi) is 3.16. The molecule has 1 aromatic rings. The van der Waals surface area contributed by atoms with Gasteiger partial charge in [0.1, 0.15) is 0 Å². The van der Waals surface area contributed by atoms with Gasteiger partial charge in [0.25, 0.3) is 0 Å². The van der Waals surface area contributed by atoms with Crippen LogP contribution in [0.15, 0.2) is 16.8 Å². The van der Waals surface area contributed by atoms with Crippen molar-refractivity contribution in [1.29, 1.82) is 5.41 Å². The highest BCUT2D eigenvalue weighted by atomic mass is 32.1. The molecule has 0 saturated heterocycles. The van der Waals surface area contributed by atoms with Crippen LogP contribution in [0.4, 0.5) is 0 Å². The Bertz CT molecular complexity index is 418. The van der Waals surface area contributed by atoms with Gasteiger partial charge in [0.15, 0.2) is 0 Å². The molecule has 0 unspecified atom stereocenters. The minimum Gasteiger partial charge on any atom is -0.388 e. The maximum atomic E-state index is 7.51. The maximum absolute atomic E-state index is 7.51. The van der Waals surface area contributed by atoms with Crippen molar-refractivity contribution in [2.75, 3.05) is 6.54 Å². The van der Waals surface area contributed by atoms with Gasteiger partial charge in [-0.2, -0.15) is 11.3 Å². The Balaban J connectivity index is 1.62. The van der Waals surface area contributed by atoms with Crippen LogP contribution in [0.2, 0.25) is 0 Å². The molecule has 1 aromatic heterocycles. The van der Waals surface area contributed by atoms with Crippen molar-refractivity contribution in [2.24, 2.45) is 11.1 Å². The average Bonchev–Trinajstić information content (AvgIpc) is 3.21. The lowest BCUT2D eigenvalue weighted by Gasteiger charge is -2.27. The molecule has 3 rings (SSSR count). The van der Waals surface area contributed by atoms with Gasteiger partial charge in [-0.1, -0.05) is 0 Å². The molecule has 18 heavy (non-hydrogen) atoms. The highest BCUT2D eigenvalue weighted by Crippen LogP contribution is 2.50. The van der Waals surface area contributed by atoms with Crippen LogP contribution in [-0.4, -0.2) is 23.3 Å². The number of nitrogens with zero attached hydrogens (tertiary/aromatic N) is 1. The van der Waals surface area contributed by atoms with Crippen LogP contribution >= 0.6 is 11.3 Å². The van der Waals surface area contributed by atoms with Crippen LogP contribution in [0, 0.1) is 10.8 Å². The zero-order valence-electron chi connectivity index (χ0n) is 10.7. The molecule has 0 aliphatic heterocycles. The number of thiophene rings is 1. The fourth-order valence-electron chi connectivity index (χ4n) is 2.77. The minimum absolute atomic E-state index is 0.338. The smallest absolute Gasteiger partial charge is 0.0911 e. The van der Waals surface area contributed by atoms with E-state index in [1.54, 1.807) is 11.3 Å². The summed E-state index contributed by atoms with van der Waals surface area (Å²) in [6.07, 6.45) is 5.99. The van der Waals surface area contributed by atoms with Gasteiger partial charge in [0, 0.05) is 25.6 Å². The molecule has 3 N–H and O–H groups in total. The van der Waals surface area contributed by atoms with E-state index in [9.17, 15) is 0 Å². The molecule has 0 amide bonds. The SMILES string of the molecule is N=C(N)CC1(CN(Cc2ccsc2)C2CC2)CC1. The van der Waals surface area contributed by atoms with Crippen molar-refractivity contribution >= 4 is 17.2 Å². The lowest BCUT2D eigenvalue weighted by Crippen LogP contribution is -2.33. The Morgan fingerprint density at radius 3 is 2.78 bits per heavy atom. The van der Waals surface area contributed by atoms with E-state index in [1.165, 1.54) is 31.2 Å². The summed E-state index contributed by atoms with van der Waals surface area (Å²) in [5, 5.41) is 11.9. The third-order valence-electron chi connectivity index (χ3n) is 4.09. The van der Waals surface area contributed by atoms with Gasteiger partial charge in [-0.25, -0.2) is 0 Å². The van der Waals surface area contributed by atoms with E-state index in [-0.39, 0.29) is 0 Å². The van der Waals surface area contributed by atoms with Gasteiger partial charge in [-0.3, -0.25) is 10.3 Å². The molecule has 0 radical (unpaired) electrons. The Labute approximate surface area is 112 Å². The molecule has 0 atom stereocenters. The molecule has 2 aliphatic carbocycles. The molecular formula is C14H21N3S. The van der Waals surface area contributed by atoms with Gasteiger partial charge in [0.05, 0.1) is 5.84 Å². The summed E-state index contributed by atoms with van der Waals surface area (Å²) in [5.74, 6) is 0.360. The van der Waals surface area contributed by atoms with Crippen LogP contribution in [0.25, 0.3) is 0 Å². The van der Waals surface area contributed by atoms with E-state index >= 15 is 0 Å². The lowest BCUT2D eigenvalue weighted by atomic mass is 10.0. The zero-order chi connectivity index (χ0) is 12.6. The second-order valence-corrected chi connectivity index (χ2v) is 6.75. The molecule has 2 aliphatic rings. The summed E-state index contributed by atoms with van der Waals surface area (Å²) in [7, 11) is 0. The van der Waals surface area contributed by atoms with Crippen molar-refractivity contribution in [3.63, 3.8) is 0 Å². The van der Waals surface area contributed by atoms with E-state index in [0.717, 1.165) is 25.6 Å². The number of nitrogens with two attached hydrogens (primary N) is 1. The van der Waals surface area contributed by atoms with Crippen LogP contribution in [0.3, 0.4) is 0 Å². The number of amidine groups is 1. The highest BCUT2D eigenvalue weighted by molar-refractivity contribution is 7.07. The van der Waals surface area contributed by atoms with Crippen molar-refractivity contribution in [3.8, 4) is 0 Å². The fraction of sp³-hybridized carbons (Fsp3) is 0.643. The van der Waals surface area contributed by atoms with Gasteiger partial charge in [-0.05, 0) is 53.5 Å². The first-order chi connectivity index (χ1) is 8.67. The first-order valence-corrected chi connectivity index (χ1v) is 7.69. The highest BCUT2D eigenvalue weighted by Gasteiger charge is 2.46. The van der Waals surface area contributed by atoms with Crippen LogP contribution < -0.4 is 5.73 Å². The Morgan fingerprint density at radius 2 is 2.28 bits per heavy atom. The first kappa shape index (κ1) is 12.2. The molecule has 0 spiro atoms. The van der Waals surface area contributed by atoms with E-state index in [2.05, 4.69) is 21.7 Å². The van der Waals surface area contributed by atoms with E-state index in [4.69, 9.17) is 11.1 Å². The normalized spacial score (nSPS) is 21.2. The molecule has 4 heteroatoms. The fourth-order valence-corrected chi connectivity index (χ4v) is 3.43. The number of rotatable bonds is 7. The lowest BCUT2D eigenvalue weighted by molar-refractivity contribution is 0.204. The molecule has 0 bridgehead atoms. The molecule has 2 saturated carbocycles. The van der Waals surface area contributed by atoms with Crippen molar-refractivity contribution in [3.05, 3.63) is 22.4 Å². The predicted molar refractivity (Wildman–Crippen MR) is 75.9 cm³/mol. The quantitative estimate of drug-likeness (QED) is 0.587. The molecular weight excluding hydrogens is 242 g/mol. The summed E-state index contributed by atoms with van der Waals surface area (Å²) in [5.41, 5.74) is 7.36.